The highest BCUT2D eigenvalue weighted by atomic mass is 16.6. The van der Waals surface area contributed by atoms with Crippen molar-refractivity contribution in [1.29, 1.82) is 0 Å². The van der Waals surface area contributed by atoms with Gasteiger partial charge in [-0.2, -0.15) is 0 Å². The Morgan fingerprint density at radius 1 is 0.851 bits per heavy atom. The summed E-state index contributed by atoms with van der Waals surface area (Å²) in [5.41, 5.74) is 5.03. The minimum absolute atomic E-state index is 0.106. The second kappa shape index (κ2) is 12.9. The summed E-state index contributed by atoms with van der Waals surface area (Å²) in [5, 5.41) is 0. The SMILES string of the molecule is CC(C)(C)OC(=O)N1CCC[C@H]1c1ncc(-c2ccc(C/C=C/c3ccc4nc([C@@H]5CCCN5C(=O)OC(C)(C)C)[nH]c4c3)cc2)[nH]1. The second-order valence-corrected chi connectivity index (χ2v) is 14.5. The van der Waals surface area contributed by atoms with Crippen molar-refractivity contribution in [1.82, 2.24) is 29.7 Å². The molecule has 2 atom stereocenters. The number of aromatic nitrogens is 4. The van der Waals surface area contributed by atoms with Crippen molar-refractivity contribution in [2.45, 2.75) is 96.9 Å². The van der Waals surface area contributed by atoms with Crippen LogP contribution in [0.4, 0.5) is 9.59 Å². The molecule has 2 aliphatic rings. The molecular weight excluding hydrogens is 592 g/mol. The first-order valence-corrected chi connectivity index (χ1v) is 16.6. The van der Waals surface area contributed by atoms with E-state index in [4.69, 9.17) is 14.5 Å². The van der Waals surface area contributed by atoms with Crippen LogP contribution in [0.25, 0.3) is 28.4 Å². The topological polar surface area (TPSA) is 116 Å². The Morgan fingerprint density at radius 3 is 2.09 bits per heavy atom. The number of hydrogen-bond donors (Lipinski definition) is 2. The first-order chi connectivity index (χ1) is 22.3. The van der Waals surface area contributed by atoms with E-state index < -0.39 is 11.2 Å². The number of amides is 2. The van der Waals surface area contributed by atoms with Gasteiger partial charge in [0.25, 0.3) is 0 Å². The van der Waals surface area contributed by atoms with Crippen LogP contribution in [0.15, 0.2) is 54.7 Å². The molecular formula is C37H46N6O4. The van der Waals surface area contributed by atoms with E-state index in [1.807, 2.05) is 53.8 Å². The minimum atomic E-state index is -0.533. The number of ether oxygens (including phenoxy) is 2. The average molecular weight is 639 g/mol. The fourth-order valence-corrected chi connectivity index (χ4v) is 6.29. The van der Waals surface area contributed by atoms with Crippen LogP contribution in [0.2, 0.25) is 0 Å². The van der Waals surface area contributed by atoms with E-state index in [1.54, 1.807) is 9.80 Å². The standard InChI is InChI=1S/C37H46N6O4/c1-36(2,3)46-34(44)42-20-8-12-30(42)32-38-23-29(41-32)26-17-14-24(15-18-26)10-7-11-25-16-19-27-28(22-25)40-33(39-27)31-13-9-21-43(31)35(45)47-37(4,5)6/h7,11,14-19,22-23,30-31H,8-10,12-13,20-21H2,1-6H3,(H,38,41)(H,39,40)/b11-7+/t30-,31-/m0/s1. The number of H-pyrrole nitrogens is 2. The number of imidazole rings is 2. The Bertz CT molecular complexity index is 1760. The van der Waals surface area contributed by atoms with Crippen LogP contribution in [0.5, 0.6) is 0 Å². The second-order valence-electron chi connectivity index (χ2n) is 14.5. The summed E-state index contributed by atoms with van der Waals surface area (Å²) >= 11 is 0. The number of rotatable bonds is 6. The maximum atomic E-state index is 12.8. The van der Waals surface area contributed by atoms with Crippen molar-refractivity contribution >= 4 is 29.3 Å². The average Bonchev–Trinajstić information content (AvgIpc) is 3.81. The van der Waals surface area contributed by atoms with Crippen molar-refractivity contribution < 1.29 is 19.1 Å². The third kappa shape index (κ3) is 7.69. The van der Waals surface area contributed by atoms with E-state index in [1.165, 1.54) is 5.56 Å². The Balaban J connectivity index is 1.07. The Kier molecular flexibility index (Phi) is 8.87. The molecule has 0 saturated carbocycles. The molecule has 0 bridgehead atoms. The molecule has 47 heavy (non-hydrogen) atoms. The zero-order valence-corrected chi connectivity index (χ0v) is 28.3. The summed E-state index contributed by atoms with van der Waals surface area (Å²) in [7, 11) is 0. The number of hydrogen-bond acceptors (Lipinski definition) is 6. The van der Waals surface area contributed by atoms with Crippen LogP contribution >= 0.6 is 0 Å². The smallest absolute Gasteiger partial charge is 0.410 e. The fraction of sp³-hybridized carbons (Fsp3) is 0.459. The normalized spacial score (nSPS) is 18.9. The van der Waals surface area contributed by atoms with Crippen LogP contribution < -0.4 is 0 Å². The Hall–Kier alpha value is -4.60. The number of aromatic amines is 2. The number of likely N-dealkylation sites (tertiary alicyclic amines) is 2. The van der Waals surface area contributed by atoms with Crippen molar-refractivity contribution in [3.8, 4) is 11.3 Å². The fourth-order valence-electron chi connectivity index (χ4n) is 6.29. The summed E-state index contributed by atoms with van der Waals surface area (Å²) in [4.78, 5) is 45.5. The van der Waals surface area contributed by atoms with Gasteiger partial charge in [0.05, 0.1) is 35.0 Å². The molecule has 6 rings (SSSR count). The molecule has 10 heteroatoms. The molecule has 0 unspecified atom stereocenters. The number of allylic oxidation sites excluding steroid dienone is 1. The van der Waals surface area contributed by atoms with Gasteiger partial charge in [-0.15, -0.1) is 0 Å². The van der Waals surface area contributed by atoms with Crippen LogP contribution in [0.1, 0.15) is 102 Å². The van der Waals surface area contributed by atoms with Crippen LogP contribution in [0.3, 0.4) is 0 Å². The van der Waals surface area contributed by atoms with E-state index in [-0.39, 0.29) is 24.3 Å². The van der Waals surface area contributed by atoms with Crippen LogP contribution in [0, 0.1) is 0 Å². The lowest BCUT2D eigenvalue weighted by molar-refractivity contribution is 0.0208. The van der Waals surface area contributed by atoms with E-state index in [0.29, 0.717) is 13.1 Å². The summed E-state index contributed by atoms with van der Waals surface area (Å²) in [6.45, 7) is 12.7. The first kappa shape index (κ1) is 32.3. The van der Waals surface area contributed by atoms with Gasteiger partial charge in [0.15, 0.2) is 0 Å². The van der Waals surface area contributed by atoms with Gasteiger partial charge in [0.2, 0.25) is 0 Å². The monoisotopic (exact) mass is 638 g/mol. The minimum Gasteiger partial charge on any atom is -0.444 e. The third-order valence-electron chi connectivity index (χ3n) is 8.44. The molecule has 2 aliphatic heterocycles. The molecule has 0 spiro atoms. The summed E-state index contributed by atoms with van der Waals surface area (Å²) in [6.07, 6.45) is 9.90. The number of carbonyl (C=O) groups excluding carboxylic acids is 2. The van der Waals surface area contributed by atoms with Gasteiger partial charge in [0.1, 0.15) is 22.9 Å². The van der Waals surface area contributed by atoms with Crippen molar-refractivity contribution in [3.63, 3.8) is 0 Å². The molecule has 10 nitrogen and oxygen atoms in total. The van der Waals surface area contributed by atoms with Crippen molar-refractivity contribution in [2.75, 3.05) is 13.1 Å². The van der Waals surface area contributed by atoms with Crippen molar-refractivity contribution in [2.24, 2.45) is 0 Å². The molecule has 248 valence electrons. The lowest BCUT2D eigenvalue weighted by Crippen LogP contribution is -2.36. The maximum absolute atomic E-state index is 12.8. The van der Waals surface area contributed by atoms with Gasteiger partial charge in [-0.3, -0.25) is 9.80 Å². The summed E-state index contributed by atoms with van der Waals surface area (Å²) in [6, 6.07) is 14.4. The van der Waals surface area contributed by atoms with Gasteiger partial charge in [0, 0.05) is 13.1 Å². The summed E-state index contributed by atoms with van der Waals surface area (Å²) in [5.74, 6) is 1.60. The van der Waals surface area contributed by atoms with Gasteiger partial charge < -0.3 is 19.4 Å². The highest BCUT2D eigenvalue weighted by Crippen LogP contribution is 2.34. The van der Waals surface area contributed by atoms with E-state index in [9.17, 15) is 9.59 Å². The van der Waals surface area contributed by atoms with E-state index >= 15 is 0 Å². The number of carbonyl (C=O) groups is 2. The predicted molar refractivity (Wildman–Crippen MR) is 183 cm³/mol. The van der Waals surface area contributed by atoms with Crippen LogP contribution in [-0.2, 0) is 15.9 Å². The predicted octanol–water partition coefficient (Wildman–Crippen LogP) is 8.35. The quantitative estimate of drug-likeness (QED) is 0.219. The molecule has 2 aromatic carbocycles. The van der Waals surface area contributed by atoms with E-state index in [0.717, 1.165) is 71.6 Å². The molecule has 2 fully saturated rings. The van der Waals surface area contributed by atoms with Crippen molar-refractivity contribution in [3.05, 3.63) is 77.5 Å². The Labute approximate surface area is 276 Å². The molecule has 0 aliphatic carbocycles. The molecule has 2 saturated heterocycles. The highest BCUT2D eigenvalue weighted by Gasteiger charge is 2.36. The highest BCUT2D eigenvalue weighted by molar-refractivity contribution is 5.79. The lowest BCUT2D eigenvalue weighted by atomic mass is 10.1. The lowest BCUT2D eigenvalue weighted by Gasteiger charge is -2.27. The third-order valence-corrected chi connectivity index (χ3v) is 8.44. The Morgan fingerprint density at radius 2 is 1.47 bits per heavy atom. The maximum Gasteiger partial charge on any atom is 0.410 e. The molecule has 4 heterocycles. The van der Waals surface area contributed by atoms with Gasteiger partial charge >= 0.3 is 12.2 Å². The first-order valence-electron chi connectivity index (χ1n) is 16.6. The number of benzene rings is 2. The zero-order valence-electron chi connectivity index (χ0n) is 28.3. The molecule has 2 N–H and O–H groups in total. The molecule has 2 amide bonds. The summed E-state index contributed by atoms with van der Waals surface area (Å²) < 4.78 is 11.3. The number of nitrogens with zero attached hydrogens (tertiary/aromatic N) is 4. The molecule has 0 radical (unpaired) electrons. The van der Waals surface area contributed by atoms with E-state index in [2.05, 4.69) is 63.5 Å². The molecule has 2 aromatic heterocycles. The number of fused-ring (bicyclic) bond motifs is 1. The van der Waals surface area contributed by atoms with Gasteiger partial charge in [-0.1, -0.05) is 42.5 Å². The van der Waals surface area contributed by atoms with Crippen LogP contribution in [-0.4, -0.2) is 66.2 Å². The number of nitrogens with one attached hydrogen (secondary N) is 2. The van der Waals surface area contributed by atoms with Gasteiger partial charge in [-0.05, 0) is 102 Å². The van der Waals surface area contributed by atoms with Gasteiger partial charge in [-0.25, -0.2) is 19.6 Å². The molecule has 4 aromatic rings. The largest absolute Gasteiger partial charge is 0.444 e. The zero-order chi connectivity index (χ0) is 33.3.